The lowest BCUT2D eigenvalue weighted by Gasteiger charge is -2.00. The SMILES string of the molecule is OCCCc1ncc(Cl)nc1Cl. The molecule has 0 radical (unpaired) electrons. The Morgan fingerprint density at radius 1 is 1.42 bits per heavy atom. The van der Waals surface area contributed by atoms with Gasteiger partial charge in [-0.3, -0.25) is 4.98 Å². The second-order valence-corrected chi connectivity index (χ2v) is 3.00. The lowest BCUT2D eigenvalue weighted by molar-refractivity contribution is 0.288. The fourth-order valence-electron chi connectivity index (χ4n) is 0.786. The van der Waals surface area contributed by atoms with Crippen LogP contribution in [-0.2, 0) is 6.42 Å². The zero-order valence-electron chi connectivity index (χ0n) is 6.30. The smallest absolute Gasteiger partial charge is 0.152 e. The molecule has 0 saturated heterocycles. The van der Waals surface area contributed by atoms with Crippen LogP contribution in [0.1, 0.15) is 12.1 Å². The molecule has 0 saturated carbocycles. The Kier molecular flexibility index (Phi) is 3.72. The van der Waals surface area contributed by atoms with Crippen LogP contribution in [0.3, 0.4) is 0 Å². The third-order valence-electron chi connectivity index (χ3n) is 1.34. The Balaban J connectivity index is 2.72. The molecule has 1 aromatic heterocycles. The lowest BCUT2D eigenvalue weighted by Crippen LogP contribution is -1.96. The molecule has 0 bridgehead atoms. The predicted molar refractivity (Wildman–Crippen MR) is 47.5 cm³/mol. The standard InChI is InChI=1S/C7H8Cl2N2O/c8-6-4-10-5(2-1-3-12)7(9)11-6/h4,12H,1-3H2. The summed E-state index contributed by atoms with van der Waals surface area (Å²) in [6.07, 6.45) is 2.70. The van der Waals surface area contributed by atoms with Crippen molar-refractivity contribution in [2.24, 2.45) is 0 Å². The van der Waals surface area contributed by atoms with E-state index in [1.165, 1.54) is 6.20 Å². The van der Waals surface area contributed by atoms with Gasteiger partial charge in [-0.15, -0.1) is 0 Å². The summed E-state index contributed by atoms with van der Waals surface area (Å²) < 4.78 is 0. The van der Waals surface area contributed by atoms with Gasteiger partial charge < -0.3 is 5.11 Å². The third-order valence-corrected chi connectivity index (χ3v) is 1.83. The van der Waals surface area contributed by atoms with Crippen LogP contribution >= 0.6 is 23.2 Å². The van der Waals surface area contributed by atoms with Gasteiger partial charge in [-0.05, 0) is 12.8 Å². The van der Waals surface area contributed by atoms with E-state index in [1.54, 1.807) is 0 Å². The Labute approximate surface area is 80.4 Å². The highest BCUT2D eigenvalue weighted by molar-refractivity contribution is 6.32. The number of hydrogen-bond acceptors (Lipinski definition) is 3. The summed E-state index contributed by atoms with van der Waals surface area (Å²) in [4.78, 5) is 7.79. The second-order valence-electron chi connectivity index (χ2n) is 2.26. The zero-order valence-corrected chi connectivity index (χ0v) is 7.81. The van der Waals surface area contributed by atoms with E-state index in [2.05, 4.69) is 9.97 Å². The normalized spacial score (nSPS) is 10.2. The molecule has 0 fully saturated rings. The number of halogens is 2. The van der Waals surface area contributed by atoms with Gasteiger partial charge in [-0.1, -0.05) is 23.2 Å². The van der Waals surface area contributed by atoms with Crippen molar-refractivity contribution in [1.82, 2.24) is 9.97 Å². The first-order valence-electron chi connectivity index (χ1n) is 3.52. The Morgan fingerprint density at radius 2 is 2.17 bits per heavy atom. The van der Waals surface area contributed by atoms with Crippen LogP contribution in [0.25, 0.3) is 0 Å². The van der Waals surface area contributed by atoms with E-state index in [9.17, 15) is 0 Å². The molecular formula is C7H8Cl2N2O. The quantitative estimate of drug-likeness (QED) is 0.820. The van der Waals surface area contributed by atoms with Crippen molar-refractivity contribution < 1.29 is 5.11 Å². The van der Waals surface area contributed by atoms with Crippen LogP contribution < -0.4 is 0 Å². The zero-order chi connectivity index (χ0) is 8.97. The first kappa shape index (κ1) is 9.71. The van der Waals surface area contributed by atoms with Crippen LogP contribution in [0.5, 0.6) is 0 Å². The molecule has 0 aromatic carbocycles. The first-order chi connectivity index (χ1) is 5.74. The molecule has 1 rings (SSSR count). The molecule has 66 valence electrons. The van der Waals surface area contributed by atoms with Crippen molar-refractivity contribution in [1.29, 1.82) is 0 Å². The maximum absolute atomic E-state index is 8.56. The van der Waals surface area contributed by atoms with Crippen LogP contribution in [-0.4, -0.2) is 21.7 Å². The van der Waals surface area contributed by atoms with Crippen LogP contribution in [0.15, 0.2) is 6.20 Å². The molecule has 1 aromatic rings. The molecule has 0 spiro atoms. The van der Waals surface area contributed by atoms with Gasteiger partial charge >= 0.3 is 0 Å². The van der Waals surface area contributed by atoms with Crippen LogP contribution in [0.4, 0.5) is 0 Å². The average Bonchev–Trinajstić information content (AvgIpc) is 2.03. The molecule has 0 aliphatic carbocycles. The van der Waals surface area contributed by atoms with Crippen molar-refractivity contribution in [3.05, 3.63) is 22.2 Å². The minimum Gasteiger partial charge on any atom is -0.396 e. The van der Waals surface area contributed by atoms with E-state index in [-0.39, 0.29) is 11.8 Å². The number of aliphatic hydroxyl groups is 1. The molecule has 3 nitrogen and oxygen atoms in total. The average molecular weight is 207 g/mol. The Hall–Kier alpha value is -0.380. The molecule has 12 heavy (non-hydrogen) atoms. The molecule has 1 heterocycles. The number of aryl methyl sites for hydroxylation is 1. The Bertz CT molecular complexity index is 268. The highest BCUT2D eigenvalue weighted by atomic mass is 35.5. The van der Waals surface area contributed by atoms with Crippen molar-refractivity contribution in [3.63, 3.8) is 0 Å². The van der Waals surface area contributed by atoms with Gasteiger partial charge in [-0.2, -0.15) is 0 Å². The van der Waals surface area contributed by atoms with E-state index in [4.69, 9.17) is 28.3 Å². The van der Waals surface area contributed by atoms with Gasteiger partial charge in [0.15, 0.2) is 5.15 Å². The summed E-state index contributed by atoms with van der Waals surface area (Å²) in [6, 6.07) is 0. The van der Waals surface area contributed by atoms with E-state index in [1.807, 2.05) is 0 Å². The van der Waals surface area contributed by atoms with Crippen molar-refractivity contribution in [3.8, 4) is 0 Å². The monoisotopic (exact) mass is 206 g/mol. The Morgan fingerprint density at radius 3 is 2.75 bits per heavy atom. The maximum atomic E-state index is 8.56. The fourth-order valence-corrected chi connectivity index (χ4v) is 1.20. The molecule has 0 unspecified atom stereocenters. The topological polar surface area (TPSA) is 46.0 Å². The van der Waals surface area contributed by atoms with E-state index >= 15 is 0 Å². The second kappa shape index (κ2) is 4.60. The highest BCUT2D eigenvalue weighted by Crippen LogP contribution is 2.14. The van der Waals surface area contributed by atoms with Gasteiger partial charge in [0.05, 0.1) is 11.9 Å². The molecule has 1 N–H and O–H groups in total. The molecule has 0 aliphatic rings. The van der Waals surface area contributed by atoms with Crippen LogP contribution in [0.2, 0.25) is 10.3 Å². The molecule has 5 heteroatoms. The maximum Gasteiger partial charge on any atom is 0.152 e. The van der Waals surface area contributed by atoms with Crippen molar-refractivity contribution >= 4 is 23.2 Å². The molecular weight excluding hydrogens is 199 g/mol. The summed E-state index contributed by atoms with van der Waals surface area (Å²) in [6.45, 7) is 0.126. The number of aromatic nitrogens is 2. The summed E-state index contributed by atoms with van der Waals surface area (Å²) >= 11 is 11.3. The largest absolute Gasteiger partial charge is 0.396 e. The fraction of sp³-hybridized carbons (Fsp3) is 0.429. The van der Waals surface area contributed by atoms with Gasteiger partial charge in [0.25, 0.3) is 0 Å². The van der Waals surface area contributed by atoms with Gasteiger partial charge in [-0.25, -0.2) is 4.98 Å². The number of rotatable bonds is 3. The highest BCUT2D eigenvalue weighted by Gasteiger charge is 2.03. The molecule has 0 atom stereocenters. The third kappa shape index (κ3) is 2.59. The number of hydrogen-bond donors (Lipinski definition) is 1. The minimum atomic E-state index is 0.126. The predicted octanol–water partition coefficient (Wildman–Crippen LogP) is 1.71. The van der Waals surface area contributed by atoms with Crippen LogP contribution in [0, 0.1) is 0 Å². The van der Waals surface area contributed by atoms with Crippen molar-refractivity contribution in [2.75, 3.05) is 6.61 Å². The van der Waals surface area contributed by atoms with Gasteiger partial charge in [0.1, 0.15) is 5.15 Å². The van der Waals surface area contributed by atoms with E-state index < -0.39 is 0 Å². The van der Waals surface area contributed by atoms with Gasteiger partial charge in [0.2, 0.25) is 0 Å². The number of aliphatic hydroxyl groups excluding tert-OH is 1. The van der Waals surface area contributed by atoms with E-state index in [0.717, 1.165) is 0 Å². The van der Waals surface area contributed by atoms with E-state index in [0.29, 0.717) is 23.7 Å². The van der Waals surface area contributed by atoms with Crippen molar-refractivity contribution in [2.45, 2.75) is 12.8 Å². The summed E-state index contributed by atoms with van der Waals surface area (Å²) in [5.41, 5.74) is 0.676. The first-order valence-corrected chi connectivity index (χ1v) is 4.27. The minimum absolute atomic E-state index is 0.126. The number of nitrogens with zero attached hydrogens (tertiary/aromatic N) is 2. The molecule has 0 aliphatic heterocycles. The molecule has 0 amide bonds. The summed E-state index contributed by atoms with van der Waals surface area (Å²) in [5.74, 6) is 0. The summed E-state index contributed by atoms with van der Waals surface area (Å²) in [5, 5.41) is 9.16. The summed E-state index contributed by atoms with van der Waals surface area (Å²) in [7, 11) is 0. The lowest BCUT2D eigenvalue weighted by atomic mass is 10.2. The van der Waals surface area contributed by atoms with Gasteiger partial charge in [0, 0.05) is 6.61 Å².